The molecule has 0 saturated heterocycles. The highest BCUT2D eigenvalue weighted by atomic mass is 16.3. The topological polar surface area (TPSA) is 69.6 Å². The molecule has 1 amide bonds. The van der Waals surface area contributed by atoms with Crippen LogP contribution in [0.2, 0.25) is 0 Å². The van der Waals surface area contributed by atoms with Crippen molar-refractivity contribution < 1.29 is 15.0 Å². The average Bonchev–Trinajstić information content (AvgIpc) is 2.21. The van der Waals surface area contributed by atoms with Gasteiger partial charge in [0.05, 0.1) is 0 Å². The minimum atomic E-state index is -0.121. The summed E-state index contributed by atoms with van der Waals surface area (Å²) in [5.74, 6) is -0.121. The molecule has 3 N–H and O–H groups in total. The second kappa shape index (κ2) is 6.25. The molecule has 88 valence electrons. The van der Waals surface area contributed by atoms with Crippen LogP contribution >= 0.6 is 0 Å². The fraction of sp³-hybridized carbons (Fsp3) is 0.417. The third-order valence-electron chi connectivity index (χ3n) is 2.29. The number of rotatable bonds is 5. The zero-order chi connectivity index (χ0) is 12.0. The molecular weight excluding hydrogens is 206 g/mol. The maximum absolute atomic E-state index is 10.9. The van der Waals surface area contributed by atoms with Gasteiger partial charge < -0.3 is 15.5 Å². The first-order chi connectivity index (χ1) is 7.67. The van der Waals surface area contributed by atoms with E-state index in [-0.39, 0.29) is 19.1 Å². The van der Waals surface area contributed by atoms with Crippen molar-refractivity contribution in [2.45, 2.75) is 19.8 Å². The van der Waals surface area contributed by atoms with Crippen molar-refractivity contribution in [3.63, 3.8) is 0 Å². The fourth-order valence-electron chi connectivity index (χ4n) is 1.62. The Hall–Kier alpha value is -1.39. The van der Waals surface area contributed by atoms with Crippen molar-refractivity contribution in [1.29, 1.82) is 0 Å². The molecule has 1 rings (SSSR count). The lowest BCUT2D eigenvalue weighted by Gasteiger charge is -2.10. The maximum atomic E-state index is 10.9. The van der Waals surface area contributed by atoms with Gasteiger partial charge in [-0.1, -0.05) is 6.07 Å². The lowest BCUT2D eigenvalue weighted by molar-refractivity contribution is -0.114. The smallest absolute Gasteiger partial charge is 0.221 e. The number of carbonyl (C=O) groups excluding carboxylic acids is 1. The van der Waals surface area contributed by atoms with Gasteiger partial charge in [0.1, 0.15) is 0 Å². The largest absolute Gasteiger partial charge is 0.396 e. The Morgan fingerprint density at radius 2 is 1.81 bits per heavy atom. The summed E-state index contributed by atoms with van der Waals surface area (Å²) < 4.78 is 0. The molecule has 4 nitrogen and oxygen atoms in total. The zero-order valence-corrected chi connectivity index (χ0v) is 9.36. The van der Waals surface area contributed by atoms with Crippen LogP contribution in [0.5, 0.6) is 0 Å². The first-order valence-electron chi connectivity index (χ1n) is 5.28. The average molecular weight is 223 g/mol. The first-order valence-corrected chi connectivity index (χ1v) is 5.28. The molecule has 0 heterocycles. The van der Waals surface area contributed by atoms with Gasteiger partial charge in [0.15, 0.2) is 0 Å². The van der Waals surface area contributed by atoms with Gasteiger partial charge in [-0.3, -0.25) is 4.79 Å². The van der Waals surface area contributed by atoms with Gasteiger partial charge >= 0.3 is 0 Å². The van der Waals surface area contributed by atoms with Crippen LogP contribution < -0.4 is 5.32 Å². The highest BCUT2D eigenvalue weighted by Gasteiger charge is 2.04. The van der Waals surface area contributed by atoms with Gasteiger partial charge in [0.2, 0.25) is 5.91 Å². The summed E-state index contributed by atoms with van der Waals surface area (Å²) in [6.07, 6.45) is 1.10. The predicted molar refractivity (Wildman–Crippen MR) is 62.3 cm³/mol. The Morgan fingerprint density at radius 3 is 2.38 bits per heavy atom. The van der Waals surface area contributed by atoms with Gasteiger partial charge in [0.25, 0.3) is 0 Å². The standard InChI is InChI=1S/C12H17NO3/c1-9(16)13-12-3-2-10(4-6-14)11(8-12)5-7-15/h2-3,8,14-15H,4-7H2,1H3,(H,13,16). The van der Waals surface area contributed by atoms with Crippen LogP contribution in [0.3, 0.4) is 0 Å². The van der Waals surface area contributed by atoms with E-state index in [0.29, 0.717) is 12.8 Å². The molecule has 0 aromatic heterocycles. The highest BCUT2D eigenvalue weighted by Crippen LogP contribution is 2.17. The summed E-state index contributed by atoms with van der Waals surface area (Å²) in [6.45, 7) is 1.59. The number of aliphatic hydroxyl groups is 2. The van der Waals surface area contributed by atoms with Crippen molar-refractivity contribution >= 4 is 11.6 Å². The molecule has 0 aliphatic heterocycles. The summed E-state index contributed by atoms with van der Waals surface area (Å²) in [5, 5.41) is 20.5. The Kier molecular flexibility index (Phi) is 4.95. The number of carbonyl (C=O) groups is 1. The van der Waals surface area contributed by atoms with E-state index >= 15 is 0 Å². The number of benzene rings is 1. The van der Waals surface area contributed by atoms with Crippen molar-refractivity contribution in [2.75, 3.05) is 18.5 Å². The molecule has 0 atom stereocenters. The monoisotopic (exact) mass is 223 g/mol. The summed E-state index contributed by atoms with van der Waals surface area (Å²) in [5.41, 5.74) is 2.69. The number of aliphatic hydroxyl groups excluding tert-OH is 2. The fourth-order valence-corrected chi connectivity index (χ4v) is 1.62. The molecule has 0 spiro atoms. The lowest BCUT2D eigenvalue weighted by Crippen LogP contribution is -2.07. The van der Waals surface area contributed by atoms with E-state index in [1.807, 2.05) is 12.1 Å². The van der Waals surface area contributed by atoms with E-state index < -0.39 is 0 Å². The second-order valence-electron chi connectivity index (χ2n) is 3.61. The Bertz CT molecular complexity index is 363. The predicted octanol–water partition coefficient (Wildman–Crippen LogP) is 0.715. The summed E-state index contributed by atoms with van der Waals surface area (Å²) in [4.78, 5) is 10.9. The van der Waals surface area contributed by atoms with Crippen LogP contribution in [-0.2, 0) is 17.6 Å². The van der Waals surface area contributed by atoms with Gasteiger partial charge in [-0.2, -0.15) is 0 Å². The summed E-state index contributed by atoms with van der Waals surface area (Å²) in [6, 6.07) is 5.50. The molecule has 0 bridgehead atoms. The molecule has 0 saturated carbocycles. The lowest BCUT2D eigenvalue weighted by atomic mass is 10.0. The van der Waals surface area contributed by atoms with Gasteiger partial charge in [-0.25, -0.2) is 0 Å². The molecule has 0 radical (unpaired) electrons. The van der Waals surface area contributed by atoms with Crippen molar-refractivity contribution in [3.8, 4) is 0 Å². The van der Waals surface area contributed by atoms with Crippen LogP contribution in [0.25, 0.3) is 0 Å². The SMILES string of the molecule is CC(=O)Nc1ccc(CCO)c(CCO)c1. The van der Waals surface area contributed by atoms with Crippen LogP contribution in [0.1, 0.15) is 18.1 Å². The van der Waals surface area contributed by atoms with Crippen LogP contribution in [0.4, 0.5) is 5.69 Å². The Balaban J connectivity index is 2.92. The van der Waals surface area contributed by atoms with Crippen LogP contribution in [0.15, 0.2) is 18.2 Å². The third kappa shape index (κ3) is 3.64. The first kappa shape index (κ1) is 12.7. The van der Waals surface area contributed by atoms with Gasteiger partial charge in [0, 0.05) is 25.8 Å². The Labute approximate surface area is 94.9 Å². The number of nitrogens with one attached hydrogen (secondary N) is 1. The molecule has 0 aliphatic rings. The number of amides is 1. The zero-order valence-electron chi connectivity index (χ0n) is 9.36. The van der Waals surface area contributed by atoms with E-state index in [2.05, 4.69) is 5.32 Å². The van der Waals surface area contributed by atoms with E-state index in [1.54, 1.807) is 6.07 Å². The molecular formula is C12H17NO3. The number of hydrogen-bond acceptors (Lipinski definition) is 3. The number of hydrogen-bond donors (Lipinski definition) is 3. The van der Waals surface area contributed by atoms with Crippen molar-refractivity contribution in [2.24, 2.45) is 0 Å². The van der Waals surface area contributed by atoms with Crippen molar-refractivity contribution in [1.82, 2.24) is 0 Å². The second-order valence-corrected chi connectivity index (χ2v) is 3.61. The molecule has 1 aromatic rings. The van der Waals surface area contributed by atoms with Crippen LogP contribution in [-0.4, -0.2) is 29.3 Å². The molecule has 0 fully saturated rings. The summed E-state index contributed by atoms with van der Waals surface area (Å²) >= 11 is 0. The quantitative estimate of drug-likeness (QED) is 0.688. The molecule has 16 heavy (non-hydrogen) atoms. The van der Waals surface area contributed by atoms with Crippen LogP contribution in [0, 0.1) is 0 Å². The van der Waals surface area contributed by atoms with E-state index in [0.717, 1.165) is 16.8 Å². The van der Waals surface area contributed by atoms with E-state index in [9.17, 15) is 4.79 Å². The van der Waals surface area contributed by atoms with Crippen molar-refractivity contribution in [3.05, 3.63) is 29.3 Å². The number of anilines is 1. The molecule has 4 heteroatoms. The van der Waals surface area contributed by atoms with Gasteiger partial charge in [-0.15, -0.1) is 0 Å². The molecule has 1 aromatic carbocycles. The minimum absolute atomic E-state index is 0.0575. The third-order valence-corrected chi connectivity index (χ3v) is 2.29. The molecule has 0 aliphatic carbocycles. The summed E-state index contributed by atoms with van der Waals surface area (Å²) in [7, 11) is 0. The van der Waals surface area contributed by atoms with E-state index in [1.165, 1.54) is 6.92 Å². The highest BCUT2D eigenvalue weighted by molar-refractivity contribution is 5.88. The Morgan fingerprint density at radius 1 is 1.19 bits per heavy atom. The molecule has 0 unspecified atom stereocenters. The minimum Gasteiger partial charge on any atom is -0.396 e. The van der Waals surface area contributed by atoms with Gasteiger partial charge in [-0.05, 0) is 36.1 Å². The van der Waals surface area contributed by atoms with E-state index in [4.69, 9.17) is 10.2 Å². The normalized spacial score (nSPS) is 10.2. The maximum Gasteiger partial charge on any atom is 0.221 e.